The summed E-state index contributed by atoms with van der Waals surface area (Å²) < 4.78 is 5.84. The molecule has 1 aromatic heterocycles. The van der Waals surface area contributed by atoms with Crippen LogP contribution in [0.25, 0.3) is 0 Å². The number of ether oxygens (including phenoxy) is 1. The standard InChI is InChI=1S/C18H23N3O2.ClH/c1-13-7-14(8-20-9-15-10-21-12-17(15)22)4-5-18(13)23-16-3-2-6-19-11-16;/h2-7,11,15,17,20-22H,8-10,12H2,1H3;1H. The number of hydrogen-bond donors (Lipinski definition) is 3. The fraction of sp³-hybridized carbons (Fsp3) is 0.389. The van der Waals surface area contributed by atoms with Gasteiger partial charge >= 0.3 is 0 Å². The number of pyridine rings is 1. The summed E-state index contributed by atoms with van der Waals surface area (Å²) in [5.41, 5.74) is 2.30. The molecule has 2 heterocycles. The van der Waals surface area contributed by atoms with Crippen LogP contribution in [0.3, 0.4) is 0 Å². The molecule has 0 saturated carbocycles. The van der Waals surface area contributed by atoms with Gasteiger partial charge in [0.1, 0.15) is 11.5 Å². The van der Waals surface area contributed by atoms with Gasteiger partial charge in [-0.25, -0.2) is 0 Å². The monoisotopic (exact) mass is 349 g/mol. The van der Waals surface area contributed by atoms with Crippen molar-refractivity contribution in [2.45, 2.75) is 19.6 Å². The van der Waals surface area contributed by atoms with Crippen molar-refractivity contribution in [3.05, 3.63) is 53.9 Å². The van der Waals surface area contributed by atoms with Crippen molar-refractivity contribution < 1.29 is 9.84 Å². The molecule has 0 amide bonds. The molecule has 0 spiro atoms. The Balaban J connectivity index is 0.00000208. The maximum absolute atomic E-state index is 9.78. The van der Waals surface area contributed by atoms with Crippen molar-refractivity contribution in [3.8, 4) is 11.5 Å². The first kappa shape index (κ1) is 18.7. The number of aromatic nitrogens is 1. The van der Waals surface area contributed by atoms with Crippen LogP contribution in [0.1, 0.15) is 11.1 Å². The topological polar surface area (TPSA) is 66.4 Å². The highest BCUT2D eigenvalue weighted by molar-refractivity contribution is 5.85. The number of aliphatic hydroxyl groups is 1. The van der Waals surface area contributed by atoms with Crippen LogP contribution in [0.5, 0.6) is 11.5 Å². The van der Waals surface area contributed by atoms with E-state index in [0.717, 1.165) is 36.7 Å². The highest BCUT2D eigenvalue weighted by Gasteiger charge is 2.23. The first-order chi connectivity index (χ1) is 11.2. The van der Waals surface area contributed by atoms with E-state index in [1.807, 2.05) is 25.1 Å². The van der Waals surface area contributed by atoms with Gasteiger partial charge in [-0.1, -0.05) is 12.1 Å². The summed E-state index contributed by atoms with van der Waals surface area (Å²) in [5, 5.41) is 16.4. The minimum atomic E-state index is -0.237. The zero-order chi connectivity index (χ0) is 16.1. The van der Waals surface area contributed by atoms with Gasteiger partial charge in [0.15, 0.2) is 0 Å². The van der Waals surface area contributed by atoms with Gasteiger partial charge in [-0.2, -0.15) is 0 Å². The molecule has 0 radical (unpaired) electrons. The highest BCUT2D eigenvalue weighted by Crippen LogP contribution is 2.25. The third-order valence-corrected chi connectivity index (χ3v) is 4.14. The second kappa shape index (κ2) is 8.99. The van der Waals surface area contributed by atoms with Crippen molar-refractivity contribution in [2.75, 3.05) is 19.6 Å². The van der Waals surface area contributed by atoms with Crippen LogP contribution >= 0.6 is 12.4 Å². The highest BCUT2D eigenvalue weighted by atomic mass is 35.5. The fourth-order valence-electron chi connectivity index (χ4n) is 2.80. The van der Waals surface area contributed by atoms with E-state index in [-0.39, 0.29) is 18.5 Å². The maximum Gasteiger partial charge on any atom is 0.145 e. The Labute approximate surface area is 148 Å². The predicted molar refractivity (Wildman–Crippen MR) is 96.8 cm³/mol. The fourth-order valence-corrected chi connectivity index (χ4v) is 2.80. The van der Waals surface area contributed by atoms with Crippen molar-refractivity contribution in [3.63, 3.8) is 0 Å². The van der Waals surface area contributed by atoms with Crippen LogP contribution in [0, 0.1) is 12.8 Å². The zero-order valence-corrected chi connectivity index (χ0v) is 14.6. The summed E-state index contributed by atoms with van der Waals surface area (Å²) in [6, 6.07) is 9.93. The van der Waals surface area contributed by atoms with Crippen LogP contribution in [0.4, 0.5) is 0 Å². The molecule has 2 unspecified atom stereocenters. The summed E-state index contributed by atoms with van der Waals surface area (Å²) in [7, 11) is 0. The summed E-state index contributed by atoms with van der Waals surface area (Å²) in [6.07, 6.45) is 3.20. The van der Waals surface area contributed by atoms with E-state index in [9.17, 15) is 5.11 Å². The van der Waals surface area contributed by atoms with Gasteiger partial charge in [0.2, 0.25) is 0 Å². The lowest BCUT2D eigenvalue weighted by Crippen LogP contribution is -2.30. The number of benzene rings is 1. The van der Waals surface area contributed by atoms with E-state index < -0.39 is 0 Å². The minimum absolute atomic E-state index is 0. The first-order valence-corrected chi connectivity index (χ1v) is 7.99. The first-order valence-electron chi connectivity index (χ1n) is 7.99. The van der Waals surface area contributed by atoms with Gasteiger partial charge in [-0.15, -0.1) is 12.4 Å². The molecule has 3 N–H and O–H groups in total. The molecule has 3 rings (SSSR count). The van der Waals surface area contributed by atoms with Crippen LogP contribution in [-0.2, 0) is 6.54 Å². The lowest BCUT2D eigenvalue weighted by Gasteiger charge is -2.15. The van der Waals surface area contributed by atoms with Gasteiger partial charge in [-0.05, 0) is 36.2 Å². The summed E-state index contributed by atoms with van der Waals surface area (Å²) >= 11 is 0. The maximum atomic E-state index is 9.78. The number of hydrogen-bond acceptors (Lipinski definition) is 5. The second-order valence-corrected chi connectivity index (χ2v) is 6.01. The van der Waals surface area contributed by atoms with E-state index in [2.05, 4.69) is 27.8 Å². The van der Waals surface area contributed by atoms with Gasteiger partial charge < -0.3 is 20.5 Å². The Bertz CT molecular complexity index is 639. The average molecular weight is 350 g/mol. The molecule has 2 aromatic rings. The van der Waals surface area contributed by atoms with Crippen molar-refractivity contribution in [2.24, 2.45) is 5.92 Å². The van der Waals surface area contributed by atoms with Crippen molar-refractivity contribution in [1.82, 2.24) is 15.6 Å². The molecule has 1 aliphatic heterocycles. The molecular formula is C18H24ClN3O2. The number of rotatable bonds is 6. The predicted octanol–water partition coefficient (Wildman–Crippen LogP) is 2.27. The Morgan fingerprint density at radius 1 is 1.33 bits per heavy atom. The lowest BCUT2D eigenvalue weighted by atomic mass is 10.1. The van der Waals surface area contributed by atoms with Gasteiger partial charge in [0.25, 0.3) is 0 Å². The average Bonchev–Trinajstić information content (AvgIpc) is 2.96. The molecule has 0 aliphatic carbocycles. The molecule has 2 atom stereocenters. The number of aryl methyl sites for hydroxylation is 1. The summed E-state index contributed by atoms with van der Waals surface area (Å²) in [5.74, 6) is 1.88. The minimum Gasteiger partial charge on any atom is -0.455 e. The Morgan fingerprint density at radius 3 is 2.88 bits per heavy atom. The Morgan fingerprint density at radius 2 is 2.21 bits per heavy atom. The van der Waals surface area contributed by atoms with Gasteiger partial charge in [0.05, 0.1) is 12.3 Å². The number of nitrogens with one attached hydrogen (secondary N) is 2. The van der Waals surface area contributed by atoms with E-state index in [1.54, 1.807) is 12.4 Å². The van der Waals surface area contributed by atoms with Gasteiger partial charge in [-0.3, -0.25) is 4.98 Å². The molecular weight excluding hydrogens is 326 g/mol. The van der Waals surface area contributed by atoms with Crippen LogP contribution in [0.2, 0.25) is 0 Å². The zero-order valence-electron chi connectivity index (χ0n) is 13.7. The SMILES string of the molecule is Cc1cc(CNCC2CNCC2O)ccc1Oc1cccnc1.Cl. The quantitative estimate of drug-likeness (QED) is 0.746. The molecule has 1 aliphatic rings. The van der Waals surface area contributed by atoms with E-state index >= 15 is 0 Å². The smallest absolute Gasteiger partial charge is 0.145 e. The molecule has 1 saturated heterocycles. The van der Waals surface area contributed by atoms with Crippen LogP contribution in [-0.4, -0.2) is 35.8 Å². The Hall–Kier alpha value is -1.66. The molecule has 0 bridgehead atoms. The largest absolute Gasteiger partial charge is 0.455 e. The van der Waals surface area contributed by atoms with E-state index in [0.29, 0.717) is 12.5 Å². The van der Waals surface area contributed by atoms with E-state index in [4.69, 9.17) is 4.74 Å². The third kappa shape index (κ3) is 4.92. The van der Waals surface area contributed by atoms with Gasteiger partial charge in [0, 0.05) is 38.3 Å². The van der Waals surface area contributed by atoms with E-state index in [1.165, 1.54) is 5.56 Å². The van der Waals surface area contributed by atoms with Crippen LogP contribution in [0.15, 0.2) is 42.7 Å². The molecule has 5 nitrogen and oxygen atoms in total. The lowest BCUT2D eigenvalue weighted by molar-refractivity contribution is 0.146. The normalized spacial score (nSPS) is 19.8. The summed E-state index contributed by atoms with van der Waals surface area (Å²) in [4.78, 5) is 4.05. The summed E-state index contributed by atoms with van der Waals surface area (Å²) in [6.45, 7) is 5.23. The Kier molecular flexibility index (Phi) is 6.99. The number of nitrogens with zero attached hydrogens (tertiary/aromatic N) is 1. The molecule has 6 heteroatoms. The molecule has 130 valence electrons. The molecule has 24 heavy (non-hydrogen) atoms. The van der Waals surface area contributed by atoms with Crippen LogP contribution < -0.4 is 15.4 Å². The number of aliphatic hydroxyl groups excluding tert-OH is 1. The number of β-amino-alcohol motifs (C(OH)–C–C–N with tert-alkyl or cyclic N) is 1. The molecule has 1 aromatic carbocycles. The second-order valence-electron chi connectivity index (χ2n) is 6.01. The third-order valence-electron chi connectivity index (χ3n) is 4.14. The number of halogens is 1. The van der Waals surface area contributed by atoms with Crippen molar-refractivity contribution in [1.29, 1.82) is 0 Å². The molecule has 1 fully saturated rings. The van der Waals surface area contributed by atoms with Crippen molar-refractivity contribution >= 4 is 12.4 Å².